The van der Waals surface area contributed by atoms with Crippen LogP contribution in [0.3, 0.4) is 0 Å². The molecule has 0 amide bonds. The monoisotopic (exact) mass is 259 g/mol. The molecule has 0 aliphatic rings. The van der Waals surface area contributed by atoms with E-state index >= 15 is 0 Å². The molecule has 0 aliphatic heterocycles. The van der Waals surface area contributed by atoms with Crippen LogP contribution in [0.1, 0.15) is 40.0 Å². The highest BCUT2D eigenvalue weighted by molar-refractivity contribution is 7.89. The van der Waals surface area contributed by atoms with Gasteiger partial charge in [-0.05, 0) is 20.3 Å². The second-order valence-corrected chi connectivity index (χ2v) is 6.19. The number of hydrogen-bond acceptors (Lipinski definition) is 3. The molecule has 0 unspecified atom stereocenters. The molecule has 0 fully saturated rings. The highest BCUT2D eigenvalue weighted by atomic mass is 32.2. The van der Waals surface area contributed by atoms with E-state index in [1.165, 1.54) is 16.8 Å². The van der Waals surface area contributed by atoms with Gasteiger partial charge in [0, 0.05) is 12.6 Å². The average molecular weight is 259 g/mol. The Hall–Kier alpha value is -0.880. The van der Waals surface area contributed by atoms with Crippen molar-refractivity contribution in [3.05, 3.63) is 12.5 Å². The lowest BCUT2D eigenvalue weighted by Gasteiger charge is -2.24. The third-order valence-corrected chi connectivity index (χ3v) is 4.62. The Morgan fingerprint density at radius 3 is 2.59 bits per heavy atom. The largest absolute Gasteiger partial charge is 0.335 e. The number of imidazole rings is 1. The first kappa shape index (κ1) is 14.2. The maximum Gasteiger partial charge on any atom is 0.260 e. The molecule has 0 radical (unpaired) electrons. The van der Waals surface area contributed by atoms with Gasteiger partial charge < -0.3 is 4.98 Å². The predicted molar refractivity (Wildman–Crippen MR) is 67.1 cm³/mol. The molecule has 0 aromatic carbocycles. The number of unbranched alkanes of at least 4 members (excludes halogenated alkanes) is 2. The maximum absolute atomic E-state index is 12.3. The van der Waals surface area contributed by atoms with Crippen molar-refractivity contribution in [2.75, 3.05) is 6.54 Å². The molecule has 1 heterocycles. The number of rotatable bonds is 7. The van der Waals surface area contributed by atoms with E-state index in [1.807, 2.05) is 13.8 Å². The highest BCUT2D eigenvalue weighted by Crippen LogP contribution is 2.16. The molecule has 1 rings (SSSR count). The van der Waals surface area contributed by atoms with Gasteiger partial charge in [-0.3, -0.25) is 0 Å². The van der Waals surface area contributed by atoms with E-state index in [0.29, 0.717) is 6.54 Å². The predicted octanol–water partition coefficient (Wildman–Crippen LogP) is 2.00. The van der Waals surface area contributed by atoms with Gasteiger partial charge in [0.15, 0.2) is 5.03 Å². The fraction of sp³-hybridized carbons (Fsp3) is 0.727. The van der Waals surface area contributed by atoms with E-state index in [4.69, 9.17) is 0 Å². The molecular formula is C11H21N3O2S. The quantitative estimate of drug-likeness (QED) is 0.762. The van der Waals surface area contributed by atoms with Crippen LogP contribution in [-0.4, -0.2) is 35.3 Å². The minimum Gasteiger partial charge on any atom is -0.335 e. The Morgan fingerprint density at radius 1 is 1.41 bits per heavy atom. The van der Waals surface area contributed by atoms with E-state index in [1.54, 1.807) is 0 Å². The van der Waals surface area contributed by atoms with E-state index in [-0.39, 0.29) is 11.1 Å². The van der Waals surface area contributed by atoms with Gasteiger partial charge in [0.1, 0.15) is 0 Å². The molecule has 5 nitrogen and oxygen atoms in total. The van der Waals surface area contributed by atoms with Crippen LogP contribution in [-0.2, 0) is 10.0 Å². The molecule has 0 aliphatic carbocycles. The van der Waals surface area contributed by atoms with Crippen LogP contribution in [0, 0.1) is 0 Å². The van der Waals surface area contributed by atoms with Crippen molar-refractivity contribution in [1.29, 1.82) is 0 Å². The lowest BCUT2D eigenvalue weighted by Crippen LogP contribution is -2.37. The second-order valence-electron chi connectivity index (χ2n) is 4.33. The second kappa shape index (κ2) is 6.16. The van der Waals surface area contributed by atoms with Crippen molar-refractivity contribution in [1.82, 2.24) is 14.3 Å². The zero-order valence-corrected chi connectivity index (χ0v) is 11.5. The maximum atomic E-state index is 12.3. The van der Waals surface area contributed by atoms with Gasteiger partial charge in [-0.25, -0.2) is 13.4 Å². The summed E-state index contributed by atoms with van der Waals surface area (Å²) in [6.07, 6.45) is 5.75. The van der Waals surface area contributed by atoms with Crippen LogP contribution in [0.4, 0.5) is 0 Å². The molecule has 0 atom stereocenters. The summed E-state index contributed by atoms with van der Waals surface area (Å²) >= 11 is 0. The molecule has 17 heavy (non-hydrogen) atoms. The van der Waals surface area contributed by atoms with Crippen molar-refractivity contribution in [3.63, 3.8) is 0 Å². The van der Waals surface area contributed by atoms with Crippen LogP contribution in [0.25, 0.3) is 0 Å². The fourth-order valence-electron chi connectivity index (χ4n) is 1.68. The summed E-state index contributed by atoms with van der Waals surface area (Å²) in [5, 5.41) is 0.169. The molecule has 0 bridgehead atoms. The fourth-order valence-corrected chi connectivity index (χ4v) is 3.26. The minimum absolute atomic E-state index is 0.0415. The van der Waals surface area contributed by atoms with Crippen LogP contribution in [0.5, 0.6) is 0 Å². The normalized spacial score (nSPS) is 12.5. The molecule has 1 aromatic rings. The summed E-state index contributed by atoms with van der Waals surface area (Å²) in [4.78, 5) is 6.43. The van der Waals surface area contributed by atoms with E-state index < -0.39 is 10.0 Å². The van der Waals surface area contributed by atoms with Crippen LogP contribution >= 0.6 is 0 Å². The Balaban J connectivity index is 2.83. The van der Waals surface area contributed by atoms with Gasteiger partial charge in [-0.2, -0.15) is 4.31 Å². The van der Waals surface area contributed by atoms with Crippen molar-refractivity contribution >= 4 is 10.0 Å². The van der Waals surface area contributed by atoms with Crippen molar-refractivity contribution in [3.8, 4) is 0 Å². The zero-order valence-electron chi connectivity index (χ0n) is 10.7. The number of H-pyrrole nitrogens is 1. The molecular weight excluding hydrogens is 238 g/mol. The van der Waals surface area contributed by atoms with Gasteiger partial charge in [-0.1, -0.05) is 19.8 Å². The third kappa shape index (κ3) is 3.54. The molecule has 1 N–H and O–H groups in total. The van der Waals surface area contributed by atoms with Gasteiger partial charge in [0.05, 0.1) is 12.5 Å². The first-order chi connectivity index (χ1) is 8.00. The topological polar surface area (TPSA) is 66.1 Å². The number of nitrogens with zero attached hydrogens (tertiary/aromatic N) is 2. The SMILES string of the molecule is CCCCCN(C(C)C)S(=O)(=O)c1cnc[nH]1. The summed E-state index contributed by atoms with van der Waals surface area (Å²) in [6, 6.07) is -0.0415. The van der Waals surface area contributed by atoms with Crippen LogP contribution in [0.2, 0.25) is 0 Å². The van der Waals surface area contributed by atoms with E-state index in [0.717, 1.165) is 19.3 Å². The first-order valence-electron chi connectivity index (χ1n) is 6.00. The molecule has 0 saturated heterocycles. The number of aromatic amines is 1. The van der Waals surface area contributed by atoms with Crippen LogP contribution in [0.15, 0.2) is 17.6 Å². The summed E-state index contributed by atoms with van der Waals surface area (Å²) in [5.41, 5.74) is 0. The zero-order chi connectivity index (χ0) is 12.9. The minimum atomic E-state index is -3.42. The van der Waals surface area contributed by atoms with E-state index in [9.17, 15) is 8.42 Å². The number of aromatic nitrogens is 2. The van der Waals surface area contributed by atoms with Gasteiger partial charge in [0.25, 0.3) is 10.0 Å². The van der Waals surface area contributed by atoms with Crippen LogP contribution < -0.4 is 0 Å². The average Bonchev–Trinajstić information content (AvgIpc) is 2.77. The molecule has 0 spiro atoms. The smallest absolute Gasteiger partial charge is 0.260 e. The third-order valence-electron chi connectivity index (χ3n) is 2.62. The standard InChI is InChI=1S/C11H21N3O2S/c1-4-5-6-7-14(10(2)3)17(15,16)11-8-12-9-13-11/h8-10H,4-7H2,1-3H3,(H,12,13). The summed E-state index contributed by atoms with van der Waals surface area (Å²) in [5.74, 6) is 0. The summed E-state index contributed by atoms with van der Waals surface area (Å²) in [6.45, 7) is 6.44. The molecule has 1 aromatic heterocycles. The lowest BCUT2D eigenvalue weighted by atomic mass is 10.2. The number of sulfonamides is 1. The summed E-state index contributed by atoms with van der Waals surface area (Å²) < 4.78 is 26.1. The first-order valence-corrected chi connectivity index (χ1v) is 7.44. The molecule has 98 valence electrons. The molecule has 0 saturated carbocycles. The van der Waals surface area contributed by atoms with Crippen molar-refractivity contribution in [2.24, 2.45) is 0 Å². The van der Waals surface area contributed by atoms with Crippen molar-refractivity contribution in [2.45, 2.75) is 51.1 Å². The van der Waals surface area contributed by atoms with Gasteiger partial charge >= 0.3 is 0 Å². The van der Waals surface area contributed by atoms with Crippen molar-refractivity contribution < 1.29 is 8.42 Å². The Labute approximate surface area is 103 Å². The van der Waals surface area contributed by atoms with Gasteiger partial charge in [0.2, 0.25) is 0 Å². The lowest BCUT2D eigenvalue weighted by molar-refractivity contribution is 0.344. The summed E-state index contributed by atoms with van der Waals surface area (Å²) in [7, 11) is -3.42. The number of hydrogen-bond donors (Lipinski definition) is 1. The van der Waals surface area contributed by atoms with Gasteiger partial charge in [-0.15, -0.1) is 0 Å². The Morgan fingerprint density at radius 2 is 2.12 bits per heavy atom. The molecule has 6 heteroatoms. The number of nitrogens with one attached hydrogen (secondary N) is 1. The Kier molecular flexibility index (Phi) is 5.14. The highest BCUT2D eigenvalue weighted by Gasteiger charge is 2.27. The van der Waals surface area contributed by atoms with E-state index in [2.05, 4.69) is 16.9 Å². The Bertz CT molecular complexity index is 412.